The molecule has 0 aliphatic rings. The van der Waals surface area contributed by atoms with Crippen LogP contribution in [0.1, 0.15) is 46.5 Å². The fraction of sp³-hybridized carbons (Fsp3) is 0.538. The van der Waals surface area contributed by atoms with Gasteiger partial charge in [-0.1, -0.05) is 6.92 Å². The van der Waals surface area contributed by atoms with Gasteiger partial charge in [0.2, 0.25) is 0 Å². The molecule has 0 bridgehead atoms. The summed E-state index contributed by atoms with van der Waals surface area (Å²) in [6, 6.07) is 0. The maximum atomic E-state index is 7.75. The van der Waals surface area contributed by atoms with Gasteiger partial charge in [0, 0.05) is 6.42 Å². The molecule has 0 aliphatic carbocycles. The van der Waals surface area contributed by atoms with Crippen molar-refractivity contribution < 1.29 is 33.9 Å². The maximum absolute atomic E-state index is 7.75. The van der Waals surface area contributed by atoms with Crippen molar-refractivity contribution in [2.75, 3.05) is 0 Å². The second-order valence-corrected chi connectivity index (χ2v) is 2.81. The summed E-state index contributed by atoms with van der Waals surface area (Å²) in [5, 5.41) is 0. The summed E-state index contributed by atoms with van der Waals surface area (Å²) in [6.45, 7) is 16.2. The Balaban J connectivity index is -0.0000000594. The van der Waals surface area contributed by atoms with Crippen LogP contribution in [0.25, 0.3) is 0 Å². The van der Waals surface area contributed by atoms with Gasteiger partial charge in [-0.05, 0) is 12.8 Å². The summed E-state index contributed by atoms with van der Waals surface area (Å²) in [5.74, 6) is 7.75. The van der Waals surface area contributed by atoms with Crippen LogP contribution in [0.5, 0.6) is 0 Å². The molecule has 0 amide bonds. The summed E-state index contributed by atoms with van der Waals surface area (Å²) in [6.07, 6.45) is 4.45. The van der Waals surface area contributed by atoms with Gasteiger partial charge in [0.15, 0.2) is 0 Å². The van der Waals surface area contributed by atoms with Crippen molar-refractivity contribution in [2.45, 2.75) is 46.5 Å². The fourth-order valence-electron chi connectivity index (χ4n) is 0.614. The zero-order valence-corrected chi connectivity index (χ0v) is 12.4. The zero-order chi connectivity index (χ0) is 13.8. The Labute approximate surface area is 119 Å². The van der Waals surface area contributed by atoms with E-state index in [1.54, 1.807) is 0 Å². The Morgan fingerprint density at radius 2 is 1.24 bits per heavy atom. The van der Waals surface area contributed by atoms with Crippen molar-refractivity contribution in [1.82, 2.24) is 0 Å². The molecule has 4 heteroatoms. The largest absolute Gasteiger partial charge is 4.00 e. The average Bonchev–Trinajstić information content (AvgIpc) is 2.36. The van der Waals surface area contributed by atoms with Crippen LogP contribution in [-0.2, 0) is 33.9 Å². The molecule has 0 aromatic rings. The van der Waals surface area contributed by atoms with Crippen LogP contribution >= 0.6 is 0 Å². The van der Waals surface area contributed by atoms with Crippen LogP contribution in [0.2, 0.25) is 0 Å². The minimum Gasteiger partial charge on any atom is -0.545 e. The topological polar surface area (TPSA) is 51.2 Å². The van der Waals surface area contributed by atoms with Crippen LogP contribution in [-0.4, -0.2) is 20.4 Å². The first kappa shape index (κ1) is 29.8. The van der Waals surface area contributed by atoms with Gasteiger partial charge in [-0.15, -0.1) is 11.8 Å². The molecule has 0 fully saturated rings. The smallest absolute Gasteiger partial charge is 0.545 e. The molecule has 0 aliphatic heterocycles. The molecule has 0 spiro atoms. The average molecular weight is 325 g/mol. The van der Waals surface area contributed by atoms with Crippen molar-refractivity contribution in [3.63, 3.8) is 0 Å². The number of hydrogen-bond acceptors (Lipinski definition) is 3. The van der Waals surface area contributed by atoms with E-state index in [-0.39, 0.29) is 19.5 Å². The molecule has 0 unspecified atom stereocenters. The fourth-order valence-corrected chi connectivity index (χ4v) is 0.614. The third kappa shape index (κ3) is 68.9. The molecule has 98 valence electrons. The van der Waals surface area contributed by atoms with Crippen molar-refractivity contribution in [1.29, 1.82) is 0 Å². The first-order valence-electron chi connectivity index (χ1n) is 4.72. The predicted octanol–water partition coefficient (Wildman–Crippen LogP) is 2.36. The van der Waals surface area contributed by atoms with Crippen LogP contribution < -0.4 is 0 Å². The molecule has 0 N–H and O–H groups in total. The number of carbonyl (C=O) groups excluding carboxylic acids is 3. The van der Waals surface area contributed by atoms with Crippen molar-refractivity contribution >= 4 is 20.4 Å². The van der Waals surface area contributed by atoms with E-state index in [1.807, 2.05) is 0 Å². The van der Waals surface area contributed by atoms with Gasteiger partial charge in [0.1, 0.15) is 0 Å². The monoisotopic (exact) mass is 326 g/mol. The van der Waals surface area contributed by atoms with Crippen LogP contribution in [0.4, 0.5) is 0 Å². The second-order valence-electron chi connectivity index (χ2n) is 2.81. The minimum absolute atomic E-state index is 0. The Kier molecular flexibility index (Phi) is 80.0. The minimum atomic E-state index is 0. The molecular formula is C13H20O3Ru. The van der Waals surface area contributed by atoms with Crippen LogP contribution in [0.3, 0.4) is 0 Å². The Bertz CT molecular complexity index is 157. The van der Waals surface area contributed by atoms with Gasteiger partial charge >= 0.3 is 19.5 Å². The van der Waals surface area contributed by atoms with Crippen molar-refractivity contribution in [2.24, 2.45) is 0 Å². The van der Waals surface area contributed by atoms with Gasteiger partial charge < -0.3 is 20.3 Å². The predicted molar refractivity (Wildman–Crippen MR) is 66.8 cm³/mol. The zero-order valence-electron chi connectivity index (χ0n) is 10.6. The van der Waals surface area contributed by atoms with Gasteiger partial charge in [-0.25, -0.2) is 0 Å². The summed E-state index contributed by atoms with van der Waals surface area (Å²) in [5.41, 5.74) is 0. The molecule has 17 heavy (non-hydrogen) atoms. The van der Waals surface area contributed by atoms with E-state index < -0.39 is 0 Å². The van der Waals surface area contributed by atoms with Gasteiger partial charge in [0.05, 0.1) is 0 Å². The van der Waals surface area contributed by atoms with Gasteiger partial charge in [-0.2, -0.15) is 20.3 Å². The van der Waals surface area contributed by atoms with Crippen LogP contribution in [0.15, 0.2) is 0 Å². The molecule has 0 saturated carbocycles. The molecule has 3 nitrogen and oxygen atoms in total. The molecule has 0 aromatic heterocycles. The van der Waals surface area contributed by atoms with E-state index in [4.69, 9.17) is 14.4 Å². The first-order valence-corrected chi connectivity index (χ1v) is 4.72. The molecular weight excluding hydrogens is 305 g/mol. The third-order valence-electron chi connectivity index (χ3n) is 1.25. The SMILES string of the molecule is CCCC#CCC[C-](C)C.[CH-]=O.[CH-]=O.[CH-]=O.[Ru+4]. The molecule has 0 radical (unpaired) electrons. The molecule has 0 rings (SSSR count). The van der Waals surface area contributed by atoms with E-state index in [2.05, 4.69) is 53.0 Å². The van der Waals surface area contributed by atoms with E-state index in [0.717, 1.165) is 19.3 Å². The molecule has 0 saturated heterocycles. The molecule has 0 atom stereocenters. The van der Waals surface area contributed by atoms with E-state index >= 15 is 0 Å². The second kappa shape index (κ2) is 45.6. The Morgan fingerprint density at radius 3 is 1.53 bits per heavy atom. The van der Waals surface area contributed by atoms with Crippen molar-refractivity contribution in [3.8, 4) is 11.8 Å². The maximum Gasteiger partial charge on any atom is 4.00 e. The van der Waals surface area contributed by atoms with E-state index in [0.29, 0.717) is 0 Å². The summed E-state index contributed by atoms with van der Waals surface area (Å²) in [4.78, 5) is 23.2. The molecule has 0 heterocycles. The Morgan fingerprint density at radius 1 is 0.882 bits per heavy atom. The van der Waals surface area contributed by atoms with Gasteiger partial charge in [-0.3, -0.25) is 20.4 Å². The quantitative estimate of drug-likeness (QED) is 0.346. The van der Waals surface area contributed by atoms with Crippen LogP contribution in [0, 0.1) is 17.8 Å². The van der Waals surface area contributed by atoms with Gasteiger partial charge in [0.25, 0.3) is 0 Å². The number of unbranched alkanes of at least 4 members (excludes halogenated alkanes) is 1. The number of rotatable bonds is 3. The normalized spacial score (nSPS) is 6.12. The molecule has 0 aromatic carbocycles. The van der Waals surface area contributed by atoms with E-state index in [9.17, 15) is 0 Å². The Hall–Kier alpha value is -0.807. The summed E-state index contributed by atoms with van der Waals surface area (Å²) in [7, 11) is 0. The summed E-state index contributed by atoms with van der Waals surface area (Å²) < 4.78 is 0. The van der Waals surface area contributed by atoms with Crippen molar-refractivity contribution in [3.05, 3.63) is 5.92 Å². The standard InChI is InChI=1S/C10H17.3CHO.Ru/c1-4-5-6-7-8-9-10(2)3;3*1-2;/h4-5,8-9H2,1-3H3;3*1H;/q4*-1;+4. The summed E-state index contributed by atoms with van der Waals surface area (Å²) >= 11 is 0. The van der Waals surface area contributed by atoms with E-state index in [1.165, 1.54) is 12.3 Å². The number of hydrogen-bond donors (Lipinski definition) is 0. The first-order chi connectivity index (χ1) is 7.77. The third-order valence-corrected chi connectivity index (χ3v) is 1.25.